The van der Waals surface area contributed by atoms with Crippen LogP contribution in [0.25, 0.3) is 11.6 Å². The average molecular weight is 337 g/mol. The first-order valence-corrected chi connectivity index (χ1v) is 8.35. The second-order valence-electron chi connectivity index (χ2n) is 5.44. The van der Waals surface area contributed by atoms with Gasteiger partial charge in [-0.3, -0.25) is 0 Å². The summed E-state index contributed by atoms with van der Waals surface area (Å²) in [4.78, 5) is 16.9. The van der Waals surface area contributed by atoms with Crippen molar-refractivity contribution in [2.24, 2.45) is 4.99 Å². The van der Waals surface area contributed by atoms with Crippen LogP contribution in [-0.2, 0) is 6.54 Å². The van der Waals surface area contributed by atoms with E-state index in [4.69, 9.17) is 0 Å². The molecule has 1 aliphatic heterocycles. The van der Waals surface area contributed by atoms with Crippen molar-refractivity contribution in [3.05, 3.63) is 51.5 Å². The van der Waals surface area contributed by atoms with Crippen LogP contribution in [0.4, 0.5) is 11.8 Å². The molecule has 0 radical (unpaired) electrons. The molecule has 0 aliphatic carbocycles. The van der Waals surface area contributed by atoms with Gasteiger partial charge in [-0.25, -0.2) is 9.98 Å². The van der Waals surface area contributed by atoms with Crippen molar-refractivity contribution < 1.29 is 5.11 Å². The van der Waals surface area contributed by atoms with Crippen LogP contribution >= 0.6 is 11.3 Å². The number of aromatic hydroxyl groups is 1. The Morgan fingerprint density at radius 2 is 2.29 bits per heavy atom. The fourth-order valence-corrected chi connectivity index (χ4v) is 3.35. The van der Waals surface area contributed by atoms with Gasteiger partial charge in [-0.15, -0.1) is 11.3 Å². The lowest BCUT2D eigenvalue weighted by molar-refractivity contribution is 0.455. The topological polar surface area (TPSA) is 86.2 Å². The van der Waals surface area contributed by atoms with Crippen LogP contribution in [0.2, 0.25) is 0 Å². The van der Waals surface area contributed by atoms with Gasteiger partial charge in [0.05, 0.1) is 6.54 Å². The van der Waals surface area contributed by atoms with Gasteiger partial charge >= 0.3 is 0 Å². The molecule has 0 unspecified atom stereocenters. The average Bonchev–Trinajstić information content (AvgIpc) is 3.27. The molecular weight excluding hydrogens is 322 g/mol. The van der Waals surface area contributed by atoms with Crippen molar-refractivity contribution in [3.63, 3.8) is 0 Å². The fraction of sp³-hybridized carbons (Fsp3) is 0.118. The van der Waals surface area contributed by atoms with Crippen molar-refractivity contribution in [2.75, 3.05) is 5.32 Å². The number of rotatable bonds is 4. The second kappa shape index (κ2) is 5.93. The van der Waals surface area contributed by atoms with Crippen LogP contribution in [-0.4, -0.2) is 26.3 Å². The van der Waals surface area contributed by atoms with Gasteiger partial charge in [-0.2, -0.15) is 4.98 Å². The van der Waals surface area contributed by atoms with Crippen LogP contribution in [0, 0.1) is 6.92 Å². The molecule has 0 aromatic carbocycles. The molecule has 1 aliphatic rings. The maximum absolute atomic E-state index is 10.1. The highest BCUT2D eigenvalue weighted by molar-refractivity contribution is 7.10. The summed E-state index contributed by atoms with van der Waals surface area (Å²) in [6, 6.07) is 5.90. The lowest BCUT2D eigenvalue weighted by atomic mass is 10.1. The van der Waals surface area contributed by atoms with Crippen LogP contribution in [0.5, 0.6) is 5.88 Å². The summed E-state index contributed by atoms with van der Waals surface area (Å²) in [6.07, 6.45) is 5.27. The van der Waals surface area contributed by atoms with Crippen molar-refractivity contribution >= 4 is 41.0 Å². The van der Waals surface area contributed by atoms with E-state index in [0.29, 0.717) is 24.0 Å². The number of hydrogen-bond acceptors (Lipinski definition) is 6. The first kappa shape index (κ1) is 14.6. The standard InChI is InChI=1S/C17H15N5OS/c1-10-4-6-24-14(10)9-20-17-21-13(16(23)22-17)7-11-8-19-15-12(11)3-2-5-18-15/h2-8,23H,9H2,1H3,(H2,20,21,22)/b11-7+. The number of allylic oxidation sites excluding steroid dienone is 1. The number of fused-ring (bicyclic) bond motifs is 1. The zero-order valence-corrected chi connectivity index (χ0v) is 13.8. The number of anilines is 1. The lowest BCUT2D eigenvalue weighted by Gasteiger charge is -2.01. The largest absolute Gasteiger partial charge is 0.492 e. The van der Waals surface area contributed by atoms with Crippen molar-refractivity contribution in [1.29, 1.82) is 0 Å². The molecule has 0 fully saturated rings. The smallest absolute Gasteiger partial charge is 0.238 e. The Morgan fingerprint density at radius 1 is 1.38 bits per heavy atom. The molecule has 0 spiro atoms. The highest BCUT2D eigenvalue weighted by atomic mass is 32.1. The van der Waals surface area contributed by atoms with Crippen LogP contribution < -0.4 is 5.32 Å². The van der Waals surface area contributed by atoms with E-state index in [0.717, 1.165) is 11.1 Å². The van der Waals surface area contributed by atoms with Crippen LogP contribution in [0.3, 0.4) is 0 Å². The van der Waals surface area contributed by atoms with E-state index in [2.05, 4.69) is 43.6 Å². The third-order valence-corrected chi connectivity index (χ3v) is 4.84. The molecule has 24 heavy (non-hydrogen) atoms. The molecular formula is C17H15N5OS. The summed E-state index contributed by atoms with van der Waals surface area (Å²) < 4.78 is 0. The molecule has 3 N–H and O–H groups in total. The molecule has 0 saturated heterocycles. The third-order valence-electron chi connectivity index (χ3n) is 3.82. The maximum atomic E-state index is 10.1. The molecule has 3 aromatic rings. The van der Waals surface area contributed by atoms with E-state index < -0.39 is 0 Å². The van der Waals surface area contributed by atoms with Gasteiger partial charge in [0.25, 0.3) is 0 Å². The van der Waals surface area contributed by atoms with Gasteiger partial charge in [-0.1, -0.05) is 0 Å². The van der Waals surface area contributed by atoms with E-state index in [1.54, 1.807) is 23.7 Å². The number of nitrogens with zero attached hydrogens (tertiary/aromatic N) is 3. The number of H-pyrrole nitrogens is 1. The molecule has 3 aromatic heterocycles. The van der Waals surface area contributed by atoms with Crippen LogP contribution in [0.1, 0.15) is 21.7 Å². The summed E-state index contributed by atoms with van der Waals surface area (Å²) in [5, 5.41) is 15.3. The Bertz CT molecular complexity index is 954. The molecule has 4 rings (SSSR count). The Balaban J connectivity index is 1.55. The minimum Gasteiger partial charge on any atom is -0.492 e. The third kappa shape index (κ3) is 2.69. The van der Waals surface area contributed by atoms with Gasteiger partial charge < -0.3 is 15.4 Å². The zero-order valence-electron chi connectivity index (χ0n) is 12.9. The molecule has 0 atom stereocenters. The first-order chi connectivity index (χ1) is 11.7. The summed E-state index contributed by atoms with van der Waals surface area (Å²) in [7, 11) is 0. The van der Waals surface area contributed by atoms with Crippen LogP contribution in [0.15, 0.2) is 34.8 Å². The van der Waals surface area contributed by atoms with E-state index >= 15 is 0 Å². The SMILES string of the molecule is Cc1ccsc1CNc1nc(O)c(/C=C2\C=Nc3ncccc32)[nH]1. The van der Waals surface area contributed by atoms with E-state index in [1.807, 2.05) is 18.2 Å². The first-order valence-electron chi connectivity index (χ1n) is 7.47. The lowest BCUT2D eigenvalue weighted by Crippen LogP contribution is -2.00. The minimum atomic E-state index is -0.0429. The summed E-state index contributed by atoms with van der Waals surface area (Å²) >= 11 is 1.70. The molecule has 6 nitrogen and oxygen atoms in total. The number of aromatic amines is 1. The molecule has 4 heterocycles. The fourth-order valence-electron chi connectivity index (χ4n) is 2.51. The highest BCUT2D eigenvalue weighted by Crippen LogP contribution is 2.31. The van der Waals surface area contributed by atoms with Gasteiger partial charge in [0.1, 0.15) is 5.69 Å². The Morgan fingerprint density at radius 3 is 3.12 bits per heavy atom. The number of nitrogens with one attached hydrogen (secondary N) is 2. The molecule has 0 saturated carbocycles. The predicted molar refractivity (Wildman–Crippen MR) is 96.9 cm³/mol. The second-order valence-corrected chi connectivity index (χ2v) is 6.44. The number of aryl methyl sites for hydroxylation is 1. The van der Waals surface area contributed by atoms with E-state index in [-0.39, 0.29) is 5.88 Å². The number of aromatic nitrogens is 3. The Kier molecular flexibility index (Phi) is 3.62. The highest BCUT2D eigenvalue weighted by Gasteiger charge is 2.15. The Hall–Kier alpha value is -2.93. The summed E-state index contributed by atoms with van der Waals surface area (Å²) in [5.41, 5.74) is 3.61. The number of imidazole rings is 1. The van der Waals surface area contributed by atoms with Gasteiger partial charge in [0.2, 0.25) is 11.8 Å². The predicted octanol–water partition coefficient (Wildman–Crippen LogP) is 3.75. The molecule has 0 bridgehead atoms. The molecule has 0 amide bonds. The quantitative estimate of drug-likeness (QED) is 0.677. The number of hydrogen-bond donors (Lipinski definition) is 3. The monoisotopic (exact) mass is 337 g/mol. The minimum absolute atomic E-state index is 0.0429. The number of pyridine rings is 1. The van der Waals surface area contributed by atoms with Crippen molar-refractivity contribution in [2.45, 2.75) is 13.5 Å². The number of thiophene rings is 1. The van der Waals surface area contributed by atoms with Crippen molar-refractivity contribution in [1.82, 2.24) is 15.0 Å². The van der Waals surface area contributed by atoms with Gasteiger partial charge in [-0.05, 0) is 42.1 Å². The van der Waals surface area contributed by atoms with E-state index in [1.165, 1.54) is 10.4 Å². The van der Waals surface area contributed by atoms with Crippen molar-refractivity contribution in [3.8, 4) is 5.88 Å². The Labute approximate surface area is 142 Å². The summed E-state index contributed by atoms with van der Waals surface area (Å²) in [5.74, 6) is 1.18. The molecule has 120 valence electrons. The zero-order chi connectivity index (χ0) is 16.5. The van der Waals surface area contributed by atoms with E-state index in [9.17, 15) is 5.11 Å². The number of aliphatic imine (C=N–C) groups is 1. The van der Waals surface area contributed by atoms with Gasteiger partial charge in [0.15, 0.2) is 5.82 Å². The molecule has 7 heteroatoms. The summed E-state index contributed by atoms with van der Waals surface area (Å²) in [6.45, 7) is 2.74. The van der Waals surface area contributed by atoms with Gasteiger partial charge in [0, 0.05) is 28.4 Å². The normalized spacial score (nSPS) is 14.3. The maximum Gasteiger partial charge on any atom is 0.238 e.